The molecular weight excluding hydrogens is 294 g/mol. The maximum atomic E-state index is 12.5. The molecule has 126 valence electrons. The summed E-state index contributed by atoms with van der Waals surface area (Å²) in [6.45, 7) is 7.03. The lowest BCUT2D eigenvalue weighted by atomic mass is 10.1. The van der Waals surface area contributed by atoms with Crippen LogP contribution in [0.2, 0.25) is 0 Å². The van der Waals surface area contributed by atoms with Gasteiger partial charge in [0.2, 0.25) is 0 Å². The number of nitrogens with one attached hydrogen (secondary N) is 1. The van der Waals surface area contributed by atoms with Gasteiger partial charge in [0.25, 0.3) is 5.91 Å². The smallest absolute Gasteiger partial charge is 0.317 e. The van der Waals surface area contributed by atoms with Crippen molar-refractivity contribution >= 4 is 11.9 Å². The van der Waals surface area contributed by atoms with E-state index in [0.29, 0.717) is 44.2 Å². The van der Waals surface area contributed by atoms with Crippen LogP contribution in [0.5, 0.6) is 5.75 Å². The molecule has 0 aliphatic carbocycles. The normalized spacial score (nSPS) is 14.8. The maximum Gasteiger partial charge on any atom is 0.317 e. The highest BCUT2D eigenvalue weighted by molar-refractivity contribution is 5.94. The van der Waals surface area contributed by atoms with Crippen LogP contribution in [0.15, 0.2) is 24.3 Å². The quantitative estimate of drug-likeness (QED) is 0.921. The number of ether oxygens (including phenoxy) is 1. The Bertz CT molecular complexity index is 535. The number of piperazine rings is 1. The van der Waals surface area contributed by atoms with Gasteiger partial charge in [0.1, 0.15) is 5.75 Å². The molecule has 0 unspecified atom stereocenters. The molecule has 0 saturated carbocycles. The zero-order valence-electron chi connectivity index (χ0n) is 14.0. The summed E-state index contributed by atoms with van der Waals surface area (Å²) in [5, 5.41) is 2.91. The Balaban J connectivity index is 1.85. The number of amides is 3. The highest BCUT2D eigenvalue weighted by Crippen LogP contribution is 2.14. The minimum atomic E-state index is -0.0461. The Kier molecular flexibility index (Phi) is 5.84. The molecule has 0 atom stereocenters. The third-order valence-corrected chi connectivity index (χ3v) is 3.85. The summed E-state index contributed by atoms with van der Waals surface area (Å²) in [5.74, 6) is 1.15. The van der Waals surface area contributed by atoms with Crippen LogP contribution in [0, 0.1) is 5.92 Å². The van der Waals surface area contributed by atoms with E-state index in [-0.39, 0.29) is 11.9 Å². The first kappa shape index (κ1) is 17.1. The second-order valence-electron chi connectivity index (χ2n) is 6.09. The lowest BCUT2D eigenvalue weighted by Gasteiger charge is -2.35. The zero-order chi connectivity index (χ0) is 16.8. The summed E-state index contributed by atoms with van der Waals surface area (Å²) in [5.41, 5.74) is 0.642. The van der Waals surface area contributed by atoms with Crippen LogP contribution in [-0.2, 0) is 0 Å². The topological polar surface area (TPSA) is 61.9 Å². The summed E-state index contributed by atoms with van der Waals surface area (Å²) in [6, 6.07) is 7.05. The molecular formula is C17H25N3O3. The predicted octanol–water partition coefficient (Wildman–Crippen LogP) is 1.82. The molecule has 2 rings (SSSR count). The number of carbonyl (C=O) groups excluding carboxylic acids is 2. The lowest BCUT2D eigenvalue weighted by Crippen LogP contribution is -2.53. The molecule has 6 heteroatoms. The number of benzene rings is 1. The summed E-state index contributed by atoms with van der Waals surface area (Å²) in [7, 11) is 1.60. The molecule has 6 nitrogen and oxygen atoms in total. The van der Waals surface area contributed by atoms with Crippen LogP contribution in [0.25, 0.3) is 0 Å². The van der Waals surface area contributed by atoms with Crippen LogP contribution in [-0.4, -0.2) is 61.6 Å². The number of nitrogens with zero attached hydrogens (tertiary/aromatic N) is 2. The second-order valence-corrected chi connectivity index (χ2v) is 6.09. The number of urea groups is 1. The summed E-state index contributed by atoms with van der Waals surface area (Å²) in [4.78, 5) is 28.0. The van der Waals surface area contributed by atoms with E-state index in [9.17, 15) is 9.59 Å². The molecule has 0 radical (unpaired) electrons. The maximum absolute atomic E-state index is 12.5. The Morgan fingerprint density at radius 1 is 1.09 bits per heavy atom. The van der Waals surface area contributed by atoms with Crippen LogP contribution >= 0.6 is 0 Å². The van der Waals surface area contributed by atoms with Gasteiger partial charge in [-0.3, -0.25) is 4.79 Å². The van der Waals surface area contributed by atoms with Gasteiger partial charge in [-0.05, 0) is 30.2 Å². The first-order chi connectivity index (χ1) is 11.0. The molecule has 23 heavy (non-hydrogen) atoms. The van der Waals surface area contributed by atoms with Gasteiger partial charge in [-0.25, -0.2) is 4.79 Å². The van der Waals surface area contributed by atoms with E-state index >= 15 is 0 Å². The third-order valence-electron chi connectivity index (χ3n) is 3.85. The molecule has 0 spiro atoms. The Labute approximate surface area is 137 Å². The summed E-state index contributed by atoms with van der Waals surface area (Å²) < 4.78 is 5.10. The Morgan fingerprint density at radius 3 is 2.17 bits per heavy atom. The molecule has 1 saturated heterocycles. The van der Waals surface area contributed by atoms with E-state index < -0.39 is 0 Å². The first-order valence-electron chi connectivity index (χ1n) is 7.97. The van der Waals surface area contributed by atoms with Crippen molar-refractivity contribution in [2.45, 2.75) is 13.8 Å². The lowest BCUT2D eigenvalue weighted by molar-refractivity contribution is 0.0665. The van der Waals surface area contributed by atoms with E-state index in [2.05, 4.69) is 19.2 Å². The highest BCUT2D eigenvalue weighted by atomic mass is 16.5. The van der Waals surface area contributed by atoms with Crippen molar-refractivity contribution in [3.8, 4) is 5.75 Å². The minimum Gasteiger partial charge on any atom is -0.497 e. The van der Waals surface area contributed by atoms with Crippen LogP contribution in [0.4, 0.5) is 4.79 Å². The van der Waals surface area contributed by atoms with Gasteiger partial charge in [-0.1, -0.05) is 13.8 Å². The predicted molar refractivity (Wildman–Crippen MR) is 88.7 cm³/mol. The summed E-state index contributed by atoms with van der Waals surface area (Å²) in [6.07, 6.45) is 0. The van der Waals surface area contributed by atoms with Crippen molar-refractivity contribution in [3.63, 3.8) is 0 Å². The van der Waals surface area contributed by atoms with E-state index in [1.54, 1.807) is 41.2 Å². The van der Waals surface area contributed by atoms with E-state index in [4.69, 9.17) is 4.74 Å². The molecule has 1 N–H and O–H groups in total. The van der Waals surface area contributed by atoms with Gasteiger partial charge >= 0.3 is 6.03 Å². The zero-order valence-corrected chi connectivity index (χ0v) is 14.0. The van der Waals surface area contributed by atoms with Gasteiger partial charge in [0, 0.05) is 38.3 Å². The SMILES string of the molecule is COc1ccc(C(=O)N2CCN(C(=O)NCC(C)C)CC2)cc1. The second kappa shape index (κ2) is 7.85. The van der Waals surface area contributed by atoms with E-state index in [1.807, 2.05) is 0 Å². The highest BCUT2D eigenvalue weighted by Gasteiger charge is 2.24. The molecule has 1 aliphatic heterocycles. The average Bonchev–Trinajstić information content (AvgIpc) is 2.59. The average molecular weight is 319 g/mol. The number of hydrogen-bond acceptors (Lipinski definition) is 3. The van der Waals surface area contributed by atoms with Gasteiger partial charge in [0.05, 0.1) is 7.11 Å². The van der Waals surface area contributed by atoms with Crippen molar-refractivity contribution in [2.75, 3.05) is 39.8 Å². The number of rotatable bonds is 4. The van der Waals surface area contributed by atoms with Gasteiger partial charge < -0.3 is 19.9 Å². The molecule has 1 heterocycles. The fourth-order valence-electron chi connectivity index (χ4n) is 2.43. The fourth-order valence-corrected chi connectivity index (χ4v) is 2.43. The Hall–Kier alpha value is -2.24. The Morgan fingerprint density at radius 2 is 1.65 bits per heavy atom. The van der Waals surface area contributed by atoms with E-state index in [0.717, 1.165) is 5.75 Å². The largest absolute Gasteiger partial charge is 0.497 e. The molecule has 1 aliphatic rings. The first-order valence-corrected chi connectivity index (χ1v) is 7.97. The van der Waals surface area contributed by atoms with Crippen LogP contribution < -0.4 is 10.1 Å². The van der Waals surface area contributed by atoms with Crippen molar-refractivity contribution in [1.82, 2.24) is 15.1 Å². The number of methoxy groups -OCH3 is 1. The molecule has 3 amide bonds. The van der Waals surface area contributed by atoms with Crippen molar-refractivity contribution in [1.29, 1.82) is 0 Å². The van der Waals surface area contributed by atoms with Crippen molar-refractivity contribution < 1.29 is 14.3 Å². The molecule has 0 bridgehead atoms. The van der Waals surface area contributed by atoms with E-state index in [1.165, 1.54) is 0 Å². The fraction of sp³-hybridized carbons (Fsp3) is 0.529. The molecule has 0 aromatic heterocycles. The van der Waals surface area contributed by atoms with Gasteiger partial charge in [-0.15, -0.1) is 0 Å². The van der Waals surface area contributed by atoms with Crippen LogP contribution in [0.3, 0.4) is 0 Å². The third kappa shape index (κ3) is 4.61. The molecule has 1 aromatic carbocycles. The van der Waals surface area contributed by atoms with Crippen LogP contribution in [0.1, 0.15) is 24.2 Å². The molecule has 1 aromatic rings. The standard InChI is InChI=1S/C17H25N3O3/c1-13(2)12-18-17(22)20-10-8-19(9-11-20)16(21)14-4-6-15(23-3)7-5-14/h4-7,13H,8-12H2,1-3H3,(H,18,22). The van der Waals surface area contributed by atoms with Gasteiger partial charge in [-0.2, -0.15) is 0 Å². The van der Waals surface area contributed by atoms with Crippen molar-refractivity contribution in [3.05, 3.63) is 29.8 Å². The number of hydrogen-bond donors (Lipinski definition) is 1. The van der Waals surface area contributed by atoms with Crippen molar-refractivity contribution in [2.24, 2.45) is 5.92 Å². The number of carbonyl (C=O) groups is 2. The summed E-state index contributed by atoms with van der Waals surface area (Å²) >= 11 is 0. The minimum absolute atomic E-state index is 0.00473. The van der Waals surface area contributed by atoms with Gasteiger partial charge in [0.15, 0.2) is 0 Å². The monoisotopic (exact) mass is 319 g/mol. The molecule has 1 fully saturated rings.